The highest BCUT2D eigenvalue weighted by Gasteiger charge is 2.38. The summed E-state index contributed by atoms with van der Waals surface area (Å²) in [6.45, 7) is 1.21. The lowest BCUT2D eigenvalue weighted by Gasteiger charge is -2.40. The number of halogens is 6. The van der Waals surface area contributed by atoms with E-state index in [1.165, 1.54) is 11.1 Å². The monoisotopic (exact) mass is 647 g/mol. The van der Waals surface area contributed by atoms with Gasteiger partial charge in [0.15, 0.2) is 0 Å². The fourth-order valence-electron chi connectivity index (χ4n) is 7.29. The standard InChI is InChI=1S/C37H31F6N3O/c38-36(39,40)26-17-27(37(41,42)43)19-28(18-26)44-35(47)45-31-11-5-6-12-32(31)46-20-24-15-13-22-7-1-3-9-29(22)33(24)34-25(21-46)16-14-23-8-2-4-10-30(23)34/h1-4,7-10,13-19,31-32H,5-6,11-12,20-21H2,(H2,44,45,47). The highest BCUT2D eigenvalue weighted by atomic mass is 19.4. The smallest absolute Gasteiger partial charge is 0.334 e. The van der Waals surface area contributed by atoms with E-state index in [9.17, 15) is 31.1 Å². The number of carbonyl (C=O) groups is 1. The van der Waals surface area contributed by atoms with E-state index in [1.54, 1.807) is 0 Å². The van der Waals surface area contributed by atoms with Crippen LogP contribution in [-0.4, -0.2) is 23.0 Å². The molecule has 2 atom stereocenters. The van der Waals surface area contributed by atoms with Crippen molar-refractivity contribution in [1.82, 2.24) is 10.2 Å². The van der Waals surface area contributed by atoms with E-state index in [0.29, 0.717) is 31.6 Å². The quantitative estimate of drug-likeness (QED) is 0.192. The second-order valence-corrected chi connectivity index (χ2v) is 12.4. The number of nitrogens with zero attached hydrogens (tertiary/aromatic N) is 1. The molecule has 0 saturated heterocycles. The molecule has 2 N–H and O–H groups in total. The molecular weight excluding hydrogens is 616 g/mol. The van der Waals surface area contributed by atoms with Gasteiger partial charge in [-0.1, -0.05) is 85.6 Å². The molecule has 0 bridgehead atoms. The first-order valence-electron chi connectivity index (χ1n) is 15.6. The lowest BCUT2D eigenvalue weighted by molar-refractivity contribution is -0.143. The topological polar surface area (TPSA) is 44.4 Å². The molecule has 1 aliphatic heterocycles. The number of hydrogen-bond acceptors (Lipinski definition) is 2. The zero-order valence-corrected chi connectivity index (χ0v) is 25.2. The fourth-order valence-corrected chi connectivity index (χ4v) is 7.29. The third-order valence-electron chi connectivity index (χ3n) is 9.39. The first-order chi connectivity index (χ1) is 22.5. The Labute approximate surface area is 267 Å². The summed E-state index contributed by atoms with van der Waals surface area (Å²) >= 11 is 0. The van der Waals surface area contributed by atoms with Crippen molar-refractivity contribution in [2.75, 3.05) is 5.32 Å². The minimum absolute atomic E-state index is 0.0433. The van der Waals surface area contributed by atoms with Crippen molar-refractivity contribution in [2.24, 2.45) is 0 Å². The highest BCUT2D eigenvalue weighted by molar-refractivity contribution is 6.08. The van der Waals surface area contributed by atoms with Gasteiger partial charge in [0.2, 0.25) is 0 Å². The molecule has 5 aromatic carbocycles. The zero-order valence-electron chi connectivity index (χ0n) is 25.2. The van der Waals surface area contributed by atoms with Crippen molar-refractivity contribution < 1.29 is 31.1 Å². The number of benzene rings is 5. The Morgan fingerprint density at radius 2 is 1.17 bits per heavy atom. The Morgan fingerprint density at radius 1 is 0.660 bits per heavy atom. The van der Waals surface area contributed by atoms with Gasteiger partial charge in [-0.25, -0.2) is 4.79 Å². The van der Waals surface area contributed by atoms with Crippen LogP contribution >= 0.6 is 0 Å². The molecule has 10 heteroatoms. The minimum atomic E-state index is -5.02. The molecule has 1 aliphatic carbocycles. The van der Waals surface area contributed by atoms with Gasteiger partial charge in [0, 0.05) is 30.9 Å². The molecule has 2 amide bonds. The predicted octanol–water partition coefficient (Wildman–Crippen LogP) is 10.1. The van der Waals surface area contributed by atoms with Crippen LogP contribution in [0.5, 0.6) is 0 Å². The maximum absolute atomic E-state index is 13.4. The molecule has 2 aliphatic rings. The van der Waals surface area contributed by atoms with E-state index in [1.807, 2.05) is 24.3 Å². The Morgan fingerprint density at radius 3 is 1.70 bits per heavy atom. The van der Waals surface area contributed by atoms with E-state index in [4.69, 9.17) is 0 Å². The first kappa shape index (κ1) is 31.1. The van der Waals surface area contributed by atoms with Gasteiger partial charge in [-0.2, -0.15) is 26.3 Å². The zero-order chi connectivity index (χ0) is 32.9. The molecule has 4 nitrogen and oxygen atoms in total. The van der Waals surface area contributed by atoms with Crippen LogP contribution in [0.3, 0.4) is 0 Å². The maximum Gasteiger partial charge on any atom is 0.416 e. The number of carbonyl (C=O) groups excluding carboxylic acids is 1. The lowest BCUT2D eigenvalue weighted by atomic mass is 9.88. The van der Waals surface area contributed by atoms with Crippen molar-refractivity contribution in [1.29, 1.82) is 0 Å². The number of alkyl halides is 6. The van der Waals surface area contributed by atoms with E-state index in [2.05, 4.69) is 64.1 Å². The second kappa shape index (κ2) is 11.9. The summed E-state index contributed by atoms with van der Waals surface area (Å²) in [5.74, 6) is 0. The molecule has 2 unspecified atom stereocenters. The largest absolute Gasteiger partial charge is 0.416 e. The van der Waals surface area contributed by atoms with Gasteiger partial charge in [0.1, 0.15) is 0 Å². The molecule has 0 spiro atoms. The highest BCUT2D eigenvalue weighted by Crippen LogP contribution is 2.43. The summed E-state index contributed by atoms with van der Waals surface area (Å²) in [5.41, 5.74) is 1.11. The Balaban J connectivity index is 1.22. The van der Waals surface area contributed by atoms with Crippen LogP contribution in [-0.2, 0) is 25.4 Å². The average Bonchev–Trinajstić information content (AvgIpc) is 3.21. The SMILES string of the molecule is O=C(Nc1cc(C(F)(F)F)cc(C(F)(F)F)c1)NC1CCCCC1N1Cc2ccc3ccccc3c2-c2c(ccc3ccccc23)C1. The van der Waals surface area contributed by atoms with Crippen LogP contribution < -0.4 is 10.6 Å². The molecule has 47 heavy (non-hydrogen) atoms. The molecule has 0 aromatic heterocycles. The Bertz CT molecular complexity index is 1870. The second-order valence-electron chi connectivity index (χ2n) is 12.4. The van der Waals surface area contributed by atoms with Gasteiger partial charge >= 0.3 is 18.4 Å². The van der Waals surface area contributed by atoms with Crippen molar-refractivity contribution in [3.63, 3.8) is 0 Å². The van der Waals surface area contributed by atoms with Crippen molar-refractivity contribution >= 4 is 33.3 Å². The number of amides is 2. The van der Waals surface area contributed by atoms with Crippen LogP contribution in [0.1, 0.15) is 47.9 Å². The summed E-state index contributed by atoms with van der Waals surface area (Å²) < 4.78 is 80.5. The summed E-state index contributed by atoms with van der Waals surface area (Å²) in [7, 11) is 0. The van der Waals surface area contributed by atoms with Crippen LogP contribution in [0, 0.1) is 0 Å². The fraction of sp³-hybridized carbons (Fsp3) is 0.270. The Hall–Kier alpha value is -4.57. The van der Waals surface area contributed by atoms with E-state index in [0.717, 1.165) is 51.9 Å². The van der Waals surface area contributed by atoms with Gasteiger partial charge in [0.05, 0.1) is 11.1 Å². The maximum atomic E-state index is 13.4. The van der Waals surface area contributed by atoms with E-state index in [-0.39, 0.29) is 18.2 Å². The van der Waals surface area contributed by atoms with Crippen molar-refractivity contribution in [3.8, 4) is 11.1 Å². The van der Waals surface area contributed by atoms with E-state index >= 15 is 0 Å². The number of urea groups is 1. The molecule has 0 radical (unpaired) electrons. The third kappa shape index (κ3) is 6.14. The van der Waals surface area contributed by atoms with Gasteiger partial charge in [-0.15, -0.1) is 0 Å². The normalized spacial score (nSPS) is 18.8. The molecular formula is C37H31F6N3O. The van der Waals surface area contributed by atoms with E-state index < -0.39 is 35.2 Å². The summed E-state index contributed by atoms with van der Waals surface area (Å²) in [5, 5.41) is 9.74. The molecule has 1 saturated carbocycles. The minimum Gasteiger partial charge on any atom is -0.334 e. The molecule has 1 heterocycles. The summed E-state index contributed by atoms with van der Waals surface area (Å²) in [4.78, 5) is 15.5. The van der Waals surface area contributed by atoms with Gasteiger partial charge in [-0.3, -0.25) is 4.90 Å². The summed E-state index contributed by atoms with van der Waals surface area (Å²) in [6.07, 6.45) is -6.87. The number of anilines is 1. The first-order valence-corrected chi connectivity index (χ1v) is 15.6. The average molecular weight is 648 g/mol. The predicted molar refractivity (Wildman–Crippen MR) is 171 cm³/mol. The number of rotatable bonds is 3. The molecule has 7 rings (SSSR count). The Kier molecular flexibility index (Phi) is 7.86. The molecule has 5 aromatic rings. The van der Waals surface area contributed by atoms with Gasteiger partial charge in [0.25, 0.3) is 0 Å². The third-order valence-corrected chi connectivity index (χ3v) is 9.39. The lowest BCUT2D eigenvalue weighted by Crippen LogP contribution is -2.53. The number of hydrogen-bond donors (Lipinski definition) is 2. The van der Waals surface area contributed by atoms with Gasteiger partial charge < -0.3 is 10.6 Å². The molecule has 1 fully saturated rings. The van der Waals surface area contributed by atoms with Crippen LogP contribution in [0.4, 0.5) is 36.8 Å². The number of nitrogens with one attached hydrogen (secondary N) is 2. The van der Waals surface area contributed by atoms with Crippen LogP contribution in [0.2, 0.25) is 0 Å². The van der Waals surface area contributed by atoms with Gasteiger partial charge in [-0.05, 0) is 74.8 Å². The van der Waals surface area contributed by atoms with Crippen molar-refractivity contribution in [2.45, 2.75) is 63.2 Å². The summed E-state index contributed by atoms with van der Waals surface area (Å²) in [6, 6.07) is 24.9. The van der Waals surface area contributed by atoms with Crippen LogP contribution in [0.25, 0.3) is 32.7 Å². The van der Waals surface area contributed by atoms with Crippen molar-refractivity contribution in [3.05, 3.63) is 113 Å². The number of fused-ring (bicyclic) bond motifs is 7. The van der Waals surface area contributed by atoms with Crippen LogP contribution in [0.15, 0.2) is 91.0 Å². The molecule has 242 valence electrons.